The Bertz CT molecular complexity index is 471. The molecule has 1 aromatic carbocycles. The number of hydrogen-bond donors (Lipinski definition) is 2. The minimum Gasteiger partial charge on any atom is -0.504 e. The highest BCUT2D eigenvalue weighted by Crippen LogP contribution is 2.28. The second-order valence-corrected chi connectivity index (χ2v) is 3.22. The zero-order valence-electron chi connectivity index (χ0n) is 7.90. The van der Waals surface area contributed by atoms with E-state index in [0.29, 0.717) is 16.0 Å². The van der Waals surface area contributed by atoms with E-state index in [-0.39, 0.29) is 5.75 Å². The van der Waals surface area contributed by atoms with Crippen LogP contribution in [-0.2, 0) is 4.79 Å². The Balaban J connectivity index is 0.000000245. The standard InChI is InChI=1S/C8H5ClO2.C2H4O2/c9-5-1-2-6-7(10)4-11-8(6)3-5;1-2(3)4/h1-4,10H;1H3,(H,3,4). The van der Waals surface area contributed by atoms with Gasteiger partial charge in [-0.3, -0.25) is 4.79 Å². The normalized spacial score (nSPS) is 9.47. The summed E-state index contributed by atoms with van der Waals surface area (Å²) in [5.74, 6) is -0.684. The quantitative estimate of drug-likeness (QED) is 0.727. The van der Waals surface area contributed by atoms with Gasteiger partial charge in [0.15, 0.2) is 5.75 Å². The van der Waals surface area contributed by atoms with Gasteiger partial charge >= 0.3 is 0 Å². The number of rotatable bonds is 0. The number of aromatic hydroxyl groups is 1. The monoisotopic (exact) mass is 228 g/mol. The molecule has 80 valence electrons. The van der Waals surface area contributed by atoms with Gasteiger partial charge in [-0.2, -0.15) is 0 Å². The molecule has 0 amide bonds. The topological polar surface area (TPSA) is 70.7 Å². The summed E-state index contributed by atoms with van der Waals surface area (Å²) < 4.78 is 5.00. The van der Waals surface area contributed by atoms with Gasteiger partial charge in [0.05, 0.1) is 5.39 Å². The summed E-state index contributed by atoms with van der Waals surface area (Å²) in [7, 11) is 0. The fourth-order valence-corrected chi connectivity index (χ4v) is 1.15. The maximum absolute atomic E-state index is 9.17. The molecule has 4 nitrogen and oxygen atoms in total. The number of furan rings is 1. The highest BCUT2D eigenvalue weighted by atomic mass is 35.5. The average Bonchev–Trinajstić information content (AvgIpc) is 2.46. The first-order valence-corrected chi connectivity index (χ1v) is 4.43. The van der Waals surface area contributed by atoms with E-state index in [0.717, 1.165) is 6.92 Å². The van der Waals surface area contributed by atoms with Gasteiger partial charge in [-0.15, -0.1) is 0 Å². The third kappa shape index (κ3) is 3.18. The number of carboxylic acids is 1. The van der Waals surface area contributed by atoms with Crippen LogP contribution in [0.15, 0.2) is 28.9 Å². The second kappa shape index (κ2) is 4.70. The summed E-state index contributed by atoms with van der Waals surface area (Å²) in [4.78, 5) is 9.00. The molecule has 0 atom stereocenters. The lowest BCUT2D eigenvalue weighted by molar-refractivity contribution is -0.134. The molecule has 0 aliphatic heterocycles. The number of carboxylic acid groups (broad SMARTS) is 1. The molecule has 1 aromatic heterocycles. The highest BCUT2D eigenvalue weighted by Gasteiger charge is 2.02. The first-order valence-electron chi connectivity index (χ1n) is 4.06. The van der Waals surface area contributed by atoms with Crippen LogP contribution in [0.1, 0.15) is 6.92 Å². The zero-order chi connectivity index (χ0) is 11.4. The Labute approximate surface area is 90.7 Å². The summed E-state index contributed by atoms with van der Waals surface area (Å²) in [6.45, 7) is 1.08. The van der Waals surface area contributed by atoms with Crippen molar-refractivity contribution in [1.29, 1.82) is 0 Å². The van der Waals surface area contributed by atoms with E-state index in [1.807, 2.05) is 0 Å². The lowest BCUT2D eigenvalue weighted by Crippen LogP contribution is -1.78. The van der Waals surface area contributed by atoms with E-state index in [1.165, 1.54) is 6.26 Å². The SMILES string of the molecule is CC(=O)O.Oc1coc2cc(Cl)ccc12. The first-order chi connectivity index (χ1) is 7.00. The smallest absolute Gasteiger partial charge is 0.300 e. The van der Waals surface area contributed by atoms with Crippen molar-refractivity contribution in [2.75, 3.05) is 0 Å². The van der Waals surface area contributed by atoms with Crippen molar-refractivity contribution in [1.82, 2.24) is 0 Å². The molecule has 2 rings (SSSR count). The molecule has 5 heteroatoms. The fourth-order valence-electron chi connectivity index (χ4n) is 0.988. The van der Waals surface area contributed by atoms with Crippen molar-refractivity contribution < 1.29 is 19.4 Å². The molecule has 0 saturated heterocycles. The maximum Gasteiger partial charge on any atom is 0.300 e. The van der Waals surface area contributed by atoms with Crippen molar-refractivity contribution in [3.63, 3.8) is 0 Å². The lowest BCUT2D eigenvalue weighted by Gasteiger charge is -1.88. The predicted molar refractivity (Wildman–Crippen MR) is 56.2 cm³/mol. The van der Waals surface area contributed by atoms with Gasteiger partial charge in [-0.25, -0.2) is 0 Å². The summed E-state index contributed by atoms with van der Waals surface area (Å²) in [5, 5.41) is 17.9. The molecule has 0 spiro atoms. The molecule has 0 bridgehead atoms. The fraction of sp³-hybridized carbons (Fsp3) is 0.100. The number of benzene rings is 1. The number of hydrogen-bond acceptors (Lipinski definition) is 3. The molecule has 1 heterocycles. The summed E-state index contributed by atoms with van der Waals surface area (Å²) >= 11 is 5.69. The number of aliphatic carboxylic acids is 1. The Morgan fingerprint density at radius 1 is 1.47 bits per heavy atom. The van der Waals surface area contributed by atoms with Gasteiger partial charge in [-0.05, 0) is 12.1 Å². The van der Waals surface area contributed by atoms with Crippen LogP contribution in [0.25, 0.3) is 11.0 Å². The number of halogens is 1. The number of carbonyl (C=O) groups is 1. The van der Waals surface area contributed by atoms with Crippen LogP contribution >= 0.6 is 11.6 Å². The molecule has 2 N–H and O–H groups in total. The molecular weight excluding hydrogens is 220 g/mol. The highest BCUT2D eigenvalue weighted by molar-refractivity contribution is 6.31. The van der Waals surface area contributed by atoms with Crippen molar-refractivity contribution >= 4 is 28.5 Å². The minimum absolute atomic E-state index is 0.150. The largest absolute Gasteiger partial charge is 0.504 e. The van der Waals surface area contributed by atoms with Crippen molar-refractivity contribution in [2.24, 2.45) is 0 Å². The van der Waals surface area contributed by atoms with Crippen LogP contribution in [-0.4, -0.2) is 16.2 Å². The van der Waals surface area contributed by atoms with Crippen LogP contribution in [0.2, 0.25) is 5.02 Å². The van der Waals surface area contributed by atoms with E-state index >= 15 is 0 Å². The zero-order valence-corrected chi connectivity index (χ0v) is 8.65. The van der Waals surface area contributed by atoms with E-state index in [1.54, 1.807) is 18.2 Å². The Kier molecular flexibility index (Phi) is 3.57. The second-order valence-electron chi connectivity index (χ2n) is 2.78. The van der Waals surface area contributed by atoms with Crippen LogP contribution in [0.5, 0.6) is 5.75 Å². The van der Waals surface area contributed by atoms with E-state index < -0.39 is 5.97 Å². The van der Waals surface area contributed by atoms with Crippen molar-refractivity contribution in [2.45, 2.75) is 6.92 Å². The van der Waals surface area contributed by atoms with Gasteiger partial charge in [0.2, 0.25) is 0 Å². The third-order valence-electron chi connectivity index (χ3n) is 1.52. The average molecular weight is 229 g/mol. The van der Waals surface area contributed by atoms with Gasteiger partial charge in [-0.1, -0.05) is 11.6 Å². The van der Waals surface area contributed by atoms with Gasteiger partial charge in [0.1, 0.15) is 11.8 Å². The molecule has 0 radical (unpaired) electrons. The summed E-state index contributed by atoms with van der Waals surface area (Å²) in [6, 6.07) is 5.09. The lowest BCUT2D eigenvalue weighted by atomic mass is 10.2. The first kappa shape index (κ1) is 11.4. The molecule has 0 unspecified atom stereocenters. The minimum atomic E-state index is -0.833. The Morgan fingerprint density at radius 2 is 2.07 bits per heavy atom. The summed E-state index contributed by atoms with van der Waals surface area (Å²) in [6.07, 6.45) is 1.29. The van der Waals surface area contributed by atoms with Gasteiger partial charge in [0.25, 0.3) is 5.97 Å². The van der Waals surface area contributed by atoms with Crippen LogP contribution in [0.4, 0.5) is 0 Å². The van der Waals surface area contributed by atoms with Crippen LogP contribution in [0.3, 0.4) is 0 Å². The molecule has 0 saturated carbocycles. The van der Waals surface area contributed by atoms with Crippen molar-refractivity contribution in [3.05, 3.63) is 29.5 Å². The molecule has 0 aliphatic carbocycles. The van der Waals surface area contributed by atoms with Crippen LogP contribution < -0.4 is 0 Å². The molecule has 15 heavy (non-hydrogen) atoms. The molecule has 2 aromatic rings. The van der Waals surface area contributed by atoms with Gasteiger partial charge in [0, 0.05) is 18.0 Å². The van der Waals surface area contributed by atoms with Gasteiger partial charge < -0.3 is 14.6 Å². The molecular formula is C10H9ClO4. The molecule has 0 fully saturated rings. The van der Waals surface area contributed by atoms with E-state index in [9.17, 15) is 0 Å². The van der Waals surface area contributed by atoms with Crippen molar-refractivity contribution in [3.8, 4) is 5.75 Å². The number of fused-ring (bicyclic) bond motifs is 1. The third-order valence-corrected chi connectivity index (χ3v) is 1.75. The molecule has 0 aliphatic rings. The Morgan fingerprint density at radius 3 is 2.67 bits per heavy atom. The summed E-state index contributed by atoms with van der Waals surface area (Å²) in [5.41, 5.74) is 0.606. The maximum atomic E-state index is 9.17. The van der Waals surface area contributed by atoms with E-state index in [2.05, 4.69) is 0 Å². The predicted octanol–water partition coefficient (Wildman–Crippen LogP) is 2.88. The van der Waals surface area contributed by atoms with Crippen LogP contribution in [0, 0.1) is 0 Å². The Hall–Kier alpha value is -1.68. The van der Waals surface area contributed by atoms with E-state index in [4.69, 9.17) is 31.0 Å².